The molecule has 2 aromatic heterocycles. The summed E-state index contributed by atoms with van der Waals surface area (Å²) in [5.74, 6) is -0.0722. The minimum absolute atomic E-state index is 0.0722. The molecule has 5 nitrogen and oxygen atoms in total. The van der Waals surface area contributed by atoms with Crippen LogP contribution in [0.15, 0.2) is 29.4 Å². The van der Waals surface area contributed by atoms with Gasteiger partial charge in [0.05, 0.1) is 6.33 Å². The molecule has 0 spiro atoms. The molecule has 0 aliphatic heterocycles. The van der Waals surface area contributed by atoms with E-state index in [0.717, 1.165) is 5.56 Å². The van der Waals surface area contributed by atoms with Crippen LogP contribution in [0, 0.1) is 0 Å². The molecule has 0 bridgehead atoms. The molecule has 0 aromatic carbocycles. The lowest BCUT2D eigenvalue weighted by molar-refractivity contribution is 0.0780. The van der Waals surface area contributed by atoms with Crippen LogP contribution in [0.3, 0.4) is 0 Å². The number of nitrogens with two attached hydrogens (primary N) is 1. The van der Waals surface area contributed by atoms with Gasteiger partial charge in [0, 0.05) is 32.9 Å². The number of carbonyl (C=O) groups is 1. The number of hydrogen-bond acceptors (Lipinski definition) is 4. The van der Waals surface area contributed by atoms with Crippen molar-refractivity contribution in [2.75, 3.05) is 13.6 Å². The van der Waals surface area contributed by atoms with Gasteiger partial charge >= 0.3 is 0 Å². The second-order valence-corrected chi connectivity index (χ2v) is 4.86. The van der Waals surface area contributed by atoms with E-state index in [9.17, 15) is 4.79 Å². The first kappa shape index (κ1) is 12.8. The van der Waals surface area contributed by atoms with E-state index >= 15 is 0 Å². The molecule has 0 radical (unpaired) electrons. The van der Waals surface area contributed by atoms with E-state index in [0.29, 0.717) is 25.3 Å². The molecule has 0 saturated carbocycles. The van der Waals surface area contributed by atoms with E-state index < -0.39 is 0 Å². The van der Waals surface area contributed by atoms with E-state index in [1.807, 2.05) is 21.4 Å². The van der Waals surface area contributed by atoms with Gasteiger partial charge in [0.25, 0.3) is 5.91 Å². The van der Waals surface area contributed by atoms with Crippen molar-refractivity contribution in [1.82, 2.24) is 14.5 Å². The van der Waals surface area contributed by atoms with Crippen LogP contribution < -0.4 is 5.73 Å². The van der Waals surface area contributed by atoms with Gasteiger partial charge < -0.3 is 15.2 Å². The van der Waals surface area contributed by atoms with Crippen LogP contribution in [0.4, 0.5) is 0 Å². The van der Waals surface area contributed by atoms with Crippen molar-refractivity contribution in [2.24, 2.45) is 5.73 Å². The van der Waals surface area contributed by atoms with Crippen molar-refractivity contribution in [2.45, 2.75) is 13.1 Å². The normalized spacial score (nSPS) is 10.6. The zero-order valence-electron chi connectivity index (χ0n) is 10.2. The maximum absolute atomic E-state index is 12.1. The summed E-state index contributed by atoms with van der Waals surface area (Å²) in [6.07, 6.45) is 3.37. The Morgan fingerprint density at radius 1 is 1.61 bits per heavy atom. The quantitative estimate of drug-likeness (QED) is 0.882. The maximum Gasteiger partial charge on any atom is 0.274 e. The molecule has 2 N–H and O–H groups in total. The zero-order chi connectivity index (χ0) is 13.0. The summed E-state index contributed by atoms with van der Waals surface area (Å²) in [7, 11) is 1.78. The number of thiophene rings is 1. The van der Waals surface area contributed by atoms with Crippen LogP contribution in [0.1, 0.15) is 16.1 Å². The van der Waals surface area contributed by atoms with Crippen LogP contribution in [-0.2, 0) is 13.1 Å². The van der Waals surface area contributed by atoms with Gasteiger partial charge in [-0.05, 0) is 22.4 Å². The van der Waals surface area contributed by atoms with Crippen molar-refractivity contribution in [1.29, 1.82) is 0 Å². The number of aromatic nitrogens is 2. The lowest BCUT2D eigenvalue weighted by atomic mass is 10.3. The molecule has 0 unspecified atom stereocenters. The smallest absolute Gasteiger partial charge is 0.274 e. The number of imidazole rings is 1. The highest BCUT2D eigenvalue weighted by molar-refractivity contribution is 7.07. The van der Waals surface area contributed by atoms with Crippen LogP contribution in [0.5, 0.6) is 0 Å². The highest BCUT2D eigenvalue weighted by Gasteiger charge is 2.14. The van der Waals surface area contributed by atoms with Crippen LogP contribution in [0.2, 0.25) is 0 Å². The van der Waals surface area contributed by atoms with Gasteiger partial charge in [-0.25, -0.2) is 4.98 Å². The van der Waals surface area contributed by atoms with E-state index in [4.69, 9.17) is 5.73 Å². The Labute approximate surface area is 110 Å². The minimum atomic E-state index is -0.0722. The Hall–Kier alpha value is -1.66. The molecule has 96 valence electrons. The molecule has 2 rings (SSSR count). The SMILES string of the molecule is CN(Cc1ccsc1)C(=O)c1cn(CCN)cn1. The topological polar surface area (TPSA) is 64.2 Å². The van der Waals surface area contributed by atoms with Gasteiger partial charge in [0.1, 0.15) is 5.69 Å². The van der Waals surface area contributed by atoms with Crippen LogP contribution in [0.25, 0.3) is 0 Å². The van der Waals surface area contributed by atoms with Crippen molar-refractivity contribution < 1.29 is 4.79 Å². The summed E-state index contributed by atoms with van der Waals surface area (Å²) in [6.45, 7) is 1.81. The summed E-state index contributed by atoms with van der Waals surface area (Å²) in [6, 6.07) is 2.02. The summed E-state index contributed by atoms with van der Waals surface area (Å²) in [5, 5.41) is 4.04. The summed E-state index contributed by atoms with van der Waals surface area (Å²) >= 11 is 1.63. The third kappa shape index (κ3) is 2.96. The average molecular weight is 264 g/mol. The van der Waals surface area contributed by atoms with Gasteiger partial charge in [-0.2, -0.15) is 11.3 Å². The third-order valence-corrected chi connectivity index (χ3v) is 3.32. The Balaban J connectivity index is 2.01. The van der Waals surface area contributed by atoms with Crippen LogP contribution >= 0.6 is 11.3 Å². The van der Waals surface area contributed by atoms with Crippen molar-refractivity contribution in [3.05, 3.63) is 40.6 Å². The van der Waals surface area contributed by atoms with Gasteiger partial charge in [-0.15, -0.1) is 0 Å². The second-order valence-electron chi connectivity index (χ2n) is 4.08. The highest BCUT2D eigenvalue weighted by Crippen LogP contribution is 2.10. The monoisotopic (exact) mass is 264 g/mol. The molecule has 0 atom stereocenters. The predicted octanol–water partition coefficient (Wildman–Crippen LogP) is 1.18. The Kier molecular flexibility index (Phi) is 4.11. The fourth-order valence-corrected chi connectivity index (χ4v) is 2.33. The first-order chi connectivity index (χ1) is 8.70. The Bertz CT molecular complexity index is 506. The molecule has 18 heavy (non-hydrogen) atoms. The number of carbonyl (C=O) groups excluding carboxylic acids is 1. The molecule has 0 aliphatic carbocycles. The Morgan fingerprint density at radius 2 is 2.44 bits per heavy atom. The molecule has 2 aromatic rings. The number of amides is 1. The lowest BCUT2D eigenvalue weighted by Crippen LogP contribution is -2.26. The van der Waals surface area contributed by atoms with Crippen molar-refractivity contribution >= 4 is 17.2 Å². The summed E-state index contributed by atoms with van der Waals surface area (Å²) in [5.41, 5.74) is 7.05. The molecule has 2 heterocycles. The van der Waals surface area contributed by atoms with Gasteiger partial charge in [0.15, 0.2) is 0 Å². The second kappa shape index (κ2) is 5.79. The maximum atomic E-state index is 12.1. The summed E-state index contributed by atoms with van der Waals surface area (Å²) < 4.78 is 1.83. The van der Waals surface area contributed by atoms with Gasteiger partial charge in [0.2, 0.25) is 0 Å². The van der Waals surface area contributed by atoms with E-state index in [1.54, 1.807) is 35.8 Å². The van der Waals surface area contributed by atoms with E-state index in [-0.39, 0.29) is 5.91 Å². The third-order valence-electron chi connectivity index (χ3n) is 2.59. The van der Waals surface area contributed by atoms with Crippen molar-refractivity contribution in [3.63, 3.8) is 0 Å². The first-order valence-electron chi connectivity index (χ1n) is 5.69. The van der Waals surface area contributed by atoms with E-state index in [1.165, 1.54) is 0 Å². The van der Waals surface area contributed by atoms with E-state index in [2.05, 4.69) is 4.98 Å². The Morgan fingerprint density at radius 3 is 3.11 bits per heavy atom. The highest BCUT2D eigenvalue weighted by atomic mass is 32.1. The molecule has 1 amide bonds. The molecule has 0 aliphatic rings. The fourth-order valence-electron chi connectivity index (χ4n) is 1.67. The van der Waals surface area contributed by atoms with Crippen LogP contribution in [-0.4, -0.2) is 34.0 Å². The number of hydrogen-bond donors (Lipinski definition) is 1. The lowest BCUT2D eigenvalue weighted by Gasteiger charge is -2.14. The minimum Gasteiger partial charge on any atom is -0.336 e. The molecule has 6 heteroatoms. The summed E-state index contributed by atoms with van der Waals surface area (Å²) in [4.78, 5) is 17.9. The molecule has 0 saturated heterocycles. The molecular weight excluding hydrogens is 248 g/mol. The van der Waals surface area contributed by atoms with Crippen molar-refractivity contribution in [3.8, 4) is 0 Å². The average Bonchev–Trinajstić information content (AvgIpc) is 3.00. The van der Waals surface area contributed by atoms with Gasteiger partial charge in [-0.3, -0.25) is 4.79 Å². The number of rotatable bonds is 5. The zero-order valence-corrected chi connectivity index (χ0v) is 11.1. The predicted molar refractivity (Wildman–Crippen MR) is 71.4 cm³/mol. The molecule has 0 fully saturated rings. The van der Waals surface area contributed by atoms with Gasteiger partial charge in [-0.1, -0.05) is 0 Å². The molecular formula is C12H16N4OS. The number of nitrogens with zero attached hydrogens (tertiary/aromatic N) is 3. The standard InChI is InChI=1S/C12H16N4OS/c1-15(6-10-2-5-18-8-10)12(17)11-7-16(4-3-13)9-14-11/h2,5,7-9H,3-4,6,13H2,1H3. The fraction of sp³-hybridized carbons (Fsp3) is 0.333. The first-order valence-corrected chi connectivity index (χ1v) is 6.63. The largest absolute Gasteiger partial charge is 0.336 e.